The minimum atomic E-state index is -0.370. The van der Waals surface area contributed by atoms with Crippen LogP contribution in [0.3, 0.4) is 0 Å². The van der Waals surface area contributed by atoms with Gasteiger partial charge in [-0.3, -0.25) is 9.59 Å². The van der Waals surface area contributed by atoms with E-state index in [0.717, 1.165) is 19.5 Å². The first-order chi connectivity index (χ1) is 7.50. The summed E-state index contributed by atoms with van der Waals surface area (Å²) in [6.45, 7) is 4.32. The molecule has 0 aliphatic carbocycles. The molecule has 1 saturated heterocycles. The summed E-state index contributed by atoms with van der Waals surface area (Å²) in [5.74, 6) is -0.0304. The van der Waals surface area contributed by atoms with Crippen molar-refractivity contribution < 1.29 is 9.59 Å². The monoisotopic (exact) mass is 226 g/mol. The van der Waals surface area contributed by atoms with E-state index >= 15 is 0 Å². The number of hydrogen-bond acceptors (Lipinski definition) is 3. The minimum absolute atomic E-state index is 0.368. The topological polar surface area (TPSA) is 40.6 Å². The first-order valence-electron chi connectivity index (χ1n) is 5.95. The van der Waals surface area contributed by atoms with Crippen molar-refractivity contribution in [2.75, 3.05) is 33.7 Å². The lowest BCUT2D eigenvalue weighted by Crippen LogP contribution is -2.35. The van der Waals surface area contributed by atoms with Crippen LogP contribution in [0.5, 0.6) is 0 Å². The van der Waals surface area contributed by atoms with Crippen molar-refractivity contribution in [3.05, 3.63) is 0 Å². The Labute approximate surface area is 97.6 Å². The maximum atomic E-state index is 11.3. The molecule has 0 atom stereocenters. The Bertz CT molecular complexity index is 258. The fraction of sp³-hybridized carbons (Fsp3) is 0.833. The number of amides is 1. The summed E-state index contributed by atoms with van der Waals surface area (Å²) in [5, 5.41) is 0. The number of carbonyl (C=O) groups is 2. The van der Waals surface area contributed by atoms with Gasteiger partial charge in [0.05, 0.1) is 0 Å². The van der Waals surface area contributed by atoms with Gasteiger partial charge in [0.2, 0.25) is 5.78 Å². The smallest absolute Gasteiger partial charge is 0.289 e. The lowest BCUT2D eigenvalue weighted by molar-refractivity contribution is -0.142. The first kappa shape index (κ1) is 13.2. The van der Waals surface area contributed by atoms with Gasteiger partial charge in [0.1, 0.15) is 0 Å². The molecular weight excluding hydrogens is 204 g/mol. The Morgan fingerprint density at radius 3 is 2.38 bits per heavy atom. The molecule has 0 N–H and O–H groups in total. The van der Waals surface area contributed by atoms with Crippen LogP contribution in [0.1, 0.15) is 26.2 Å². The van der Waals surface area contributed by atoms with Gasteiger partial charge in [0.15, 0.2) is 0 Å². The highest BCUT2D eigenvalue weighted by Crippen LogP contribution is 2.19. The van der Waals surface area contributed by atoms with E-state index in [1.165, 1.54) is 19.8 Å². The van der Waals surface area contributed by atoms with E-state index in [1.54, 1.807) is 11.9 Å². The Hall–Kier alpha value is -0.900. The molecule has 0 unspecified atom stereocenters. The molecule has 4 heteroatoms. The fourth-order valence-corrected chi connectivity index (χ4v) is 2.10. The predicted octanol–water partition coefficient (Wildman–Crippen LogP) is 0.766. The molecular formula is C12H22N2O2. The van der Waals surface area contributed by atoms with Crippen molar-refractivity contribution in [1.29, 1.82) is 0 Å². The fourth-order valence-electron chi connectivity index (χ4n) is 2.10. The van der Waals surface area contributed by atoms with Gasteiger partial charge in [-0.25, -0.2) is 0 Å². The Kier molecular flexibility index (Phi) is 4.93. The summed E-state index contributed by atoms with van der Waals surface area (Å²) >= 11 is 0. The molecule has 1 rings (SSSR count). The zero-order chi connectivity index (χ0) is 12.1. The first-order valence-corrected chi connectivity index (χ1v) is 5.95. The molecule has 92 valence electrons. The van der Waals surface area contributed by atoms with Crippen LogP contribution in [-0.2, 0) is 9.59 Å². The Morgan fingerprint density at radius 1 is 1.31 bits per heavy atom. The maximum Gasteiger partial charge on any atom is 0.289 e. The van der Waals surface area contributed by atoms with E-state index in [2.05, 4.69) is 11.9 Å². The van der Waals surface area contributed by atoms with Crippen LogP contribution >= 0.6 is 0 Å². The quantitative estimate of drug-likeness (QED) is 0.665. The molecule has 1 heterocycles. The van der Waals surface area contributed by atoms with Crippen LogP contribution in [0.2, 0.25) is 0 Å². The van der Waals surface area contributed by atoms with Gasteiger partial charge in [-0.1, -0.05) is 0 Å². The highest BCUT2D eigenvalue weighted by Gasteiger charge is 2.19. The molecule has 16 heavy (non-hydrogen) atoms. The molecule has 0 bridgehead atoms. The van der Waals surface area contributed by atoms with Crippen LogP contribution < -0.4 is 0 Å². The third-order valence-corrected chi connectivity index (χ3v) is 3.36. The van der Waals surface area contributed by atoms with Crippen molar-refractivity contribution in [2.24, 2.45) is 5.92 Å². The second-order valence-corrected chi connectivity index (χ2v) is 4.82. The van der Waals surface area contributed by atoms with Crippen molar-refractivity contribution >= 4 is 11.7 Å². The summed E-state index contributed by atoms with van der Waals surface area (Å²) in [6.07, 6.45) is 3.43. The number of rotatable bonds is 4. The van der Waals surface area contributed by atoms with E-state index in [-0.39, 0.29) is 11.7 Å². The summed E-state index contributed by atoms with van der Waals surface area (Å²) in [4.78, 5) is 26.1. The highest BCUT2D eigenvalue weighted by molar-refractivity contribution is 6.34. The van der Waals surface area contributed by atoms with Gasteiger partial charge in [-0.05, 0) is 45.3 Å². The van der Waals surface area contributed by atoms with Crippen molar-refractivity contribution in [2.45, 2.75) is 26.2 Å². The number of carbonyl (C=O) groups excluding carboxylic acids is 2. The predicted molar refractivity (Wildman–Crippen MR) is 63.2 cm³/mol. The molecule has 1 aliphatic rings. The normalized spacial score (nSPS) is 18.4. The molecule has 0 radical (unpaired) electrons. The zero-order valence-corrected chi connectivity index (χ0v) is 10.5. The average molecular weight is 226 g/mol. The number of Topliss-reactive ketones (excluding diaryl/α,β-unsaturated/α-hetero) is 1. The molecule has 0 aromatic rings. The summed E-state index contributed by atoms with van der Waals surface area (Å²) in [5.41, 5.74) is 0. The van der Waals surface area contributed by atoms with Gasteiger partial charge >= 0.3 is 0 Å². The van der Waals surface area contributed by atoms with E-state index in [4.69, 9.17) is 0 Å². The number of likely N-dealkylation sites (tertiary alicyclic amines) is 1. The minimum Gasteiger partial charge on any atom is -0.339 e. The third kappa shape index (κ3) is 3.93. The van der Waals surface area contributed by atoms with Crippen LogP contribution in [0, 0.1) is 5.92 Å². The highest BCUT2D eigenvalue weighted by atomic mass is 16.2. The van der Waals surface area contributed by atoms with Gasteiger partial charge in [0, 0.05) is 20.5 Å². The molecule has 1 amide bonds. The zero-order valence-electron chi connectivity index (χ0n) is 10.5. The number of ketones is 1. The van der Waals surface area contributed by atoms with Gasteiger partial charge < -0.3 is 9.80 Å². The standard InChI is InChI=1S/C12H22N2O2/c1-10(15)12(16)14(3)9-6-11-4-7-13(2)8-5-11/h11H,4-9H2,1-3H3. The lowest BCUT2D eigenvalue weighted by atomic mass is 9.94. The van der Waals surface area contributed by atoms with Crippen LogP contribution in [0.4, 0.5) is 0 Å². The second kappa shape index (κ2) is 5.99. The van der Waals surface area contributed by atoms with Crippen LogP contribution in [0.15, 0.2) is 0 Å². The number of hydrogen-bond donors (Lipinski definition) is 0. The van der Waals surface area contributed by atoms with Gasteiger partial charge in [0.25, 0.3) is 5.91 Å². The molecule has 4 nitrogen and oxygen atoms in total. The van der Waals surface area contributed by atoms with Crippen molar-refractivity contribution in [3.8, 4) is 0 Å². The van der Waals surface area contributed by atoms with E-state index in [1.807, 2.05) is 0 Å². The third-order valence-electron chi connectivity index (χ3n) is 3.36. The summed E-state index contributed by atoms with van der Waals surface area (Å²) < 4.78 is 0. The molecule has 0 saturated carbocycles. The summed E-state index contributed by atoms with van der Waals surface area (Å²) in [6, 6.07) is 0. The van der Waals surface area contributed by atoms with Crippen LogP contribution in [0.25, 0.3) is 0 Å². The Morgan fingerprint density at radius 2 is 1.88 bits per heavy atom. The maximum absolute atomic E-state index is 11.3. The lowest BCUT2D eigenvalue weighted by Gasteiger charge is -2.29. The van der Waals surface area contributed by atoms with Crippen LogP contribution in [-0.4, -0.2) is 55.2 Å². The SMILES string of the molecule is CC(=O)C(=O)N(C)CCC1CCN(C)CC1. The van der Waals surface area contributed by atoms with Crippen molar-refractivity contribution in [3.63, 3.8) is 0 Å². The molecule has 0 aromatic carbocycles. The second-order valence-electron chi connectivity index (χ2n) is 4.82. The molecule has 0 aromatic heterocycles. The van der Waals surface area contributed by atoms with E-state index in [9.17, 15) is 9.59 Å². The van der Waals surface area contributed by atoms with E-state index < -0.39 is 0 Å². The number of piperidine rings is 1. The average Bonchev–Trinajstić information content (AvgIpc) is 2.26. The number of likely N-dealkylation sites (N-methyl/N-ethyl adjacent to an activating group) is 1. The van der Waals surface area contributed by atoms with Gasteiger partial charge in [-0.15, -0.1) is 0 Å². The molecule has 1 aliphatic heterocycles. The van der Waals surface area contributed by atoms with E-state index in [0.29, 0.717) is 12.5 Å². The molecule has 0 spiro atoms. The number of nitrogens with zero attached hydrogens (tertiary/aromatic N) is 2. The largest absolute Gasteiger partial charge is 0.339 e. The molecule has 1 fully saturated rings. The Balaban J connectivity index is 2.24. The van der Waals surface area contributed by atoms with Gasteiger partial charge in [-0.2, -0.15) is 0 Å². The van der Waals surface area contributed by atoms with Crippen molar-refractivity contribution in [1.82, 2.24) is 9.80 Å². The summed E-state index contributed by atoms with van der Waals surface area (Å²) in [7, 11) is 3.85.